The largest absolute Gasteiger partial charge is 0.497 e. The van der Waals surface area contributed by atoms with Crippen molar-refractivity contribution < 1.29 is 9.15 Å². The summed E-state index contributed by atoms with van der Waals surface area (Å²) in [4.78, 5) is 6.11. The predicted molar refractivity (Wildman–Crippen MR) is 101 cm³/mol. The number of pyridine rings is 1. The summed E-state index contributed by atoms with van der Waals surface area (Å²) < 4.78 is 10.7. The average molecular weight is 353 g/mol. The second kappa shape index (κ2) is 8.30. The summed E-state index contributed by atoms with van der Waals surface area (Å²) in [6.45, 7) is 1.24. The zero-order chi connectivity index (χ0) is 17.5. The monoisotopic (exact) mass is 353 g/mol. The van der Waals surface area contributed by atoms with Gasteiger partial charge in [-0.1, -0.05) is 0 Å². The number of rotatable bonds is 6. The molecule has 1 N–H and O–H groups in total. The number of nitrogens with one attached hydrogen (secondary N) is 1. The van der Waals surface area contributed by atoms with E-state index in [9.17, 15) is 0 Å². The molecule has 5 nitrogen and oxygen atoms in total. The Labute approximate surface area is 152 Å². The highest BCUT2D eigenvalue weighted by Gasteiger charge is 2.13. The van der Waals surface area contributed by atoms with E-state index in [0.29, 0.717) is 18.2 Å². The third kappa shape index (κ3) is 4.81. The predicted octanol–water partition coefficient (Wildman–Crippen LogP) is 4.08. The molecule has 0 amide bonds. The average Bonchev–Trinajstić information content (AvgIpc) is 3.16. The van der Waals surface area contributed by atoms with Crippen molar-refractivity contribution >= 4 is 23.0 Å². The molecule has 0 saturated heterocycles. The maximum atomic E-state index is 5.62. The van der Waals surface area contributed by atoms with E-state index in [2.05, 4.69) is 10.3 Å². The number of methoxy groups -OCH3 is 1. The Bertz CT molecular complexity index is 789. The fraction of sp³-hybridized carbons (Fsp3) is 0.158. The minimum absolute atomic E-state index is 0.581. The molecule has 6 heteroatoms. The van der Waals surface area contributed by atoms with Gasteiger partial charge in [-0.3, -0.25) is 4.98 Å². The van der Waals surface area contributed by atoms with Crippen LogP contribution in [0, 0.1) is 0 Å². The fourth-order valence-electron chi connectivity index (χ4n) is 2.38. The summed E-state index contributed by atoms with van der Waals surface area (Å²) in [5, 5.41) is 3.89. The molecule has 0 spiro atoms. The Morgan fingerprint density at radius 2 is 1.88 bits per heavy atom. The lowest BCUT2D eigenvalue weighted by Crippen LogP contribution is -2.33. The van der Waals surface area contributed by atoms with Gasteiger partial charge in [-0.05, 0) is 66.3 Å². The molecule has 0 radical (unpaired) electrons. The van der Waals surface area contributed by atoms with Gasteiger partial charge < -0.3 is 19.4 Å². The van der Waals surface area contributed by atoms with Crippen LogP contribution in [0.4, 0.5) is 5.69 Å². The van der Waals surface area contributed by atoms with Crippen LogP contribution in [0.1, 0.15) is 11.3 Å². The lowest BCUT2D eigenvalue weighted by molar-refractivity contribution is 0.360. The van der Waals surface area contributed by atoms with E-state index >= 15 is 0 Å². The maximum absolute atomic E-state index is 5.62. The summed E-state index contributed by atoms with van der Waals surface area (Å²) in [5.74, 6) is 1.66. The molecule has 0 aliphatic rings. The van der Waals surface area contributed by atoms with E-state index in [1.165, 1.54) is 0 Å². The smallest absolute Gasteiger partial charge is 0.174 e. The van der Waals surface area contributed by atoms with Crippen LogP contribution in [0.5, 0.6) is 5.75 Å². The second-order valence-corrected chi connectivity index (χ2v) is 5.84. The fourth-order valence-corrected chi connectivity index (χ4v) is 2.62. The Morgan fingerprint density at radius 3 is 2.52 bits per heavy atom. The molecule has 0 fully saturated rings. The molecular weight excluding hydrogens is 334 g/mol. The third-order valence-electron chi connectivity index (χ3n) is 3.68. The summed E-state index contributed by atoms with van der Waals surface area (Å²) >= 11 is 5.62. The molecule has 0 bridgehead atoms. The Kier molecular flexibility index (Phi) is 5.64. The lowest BCUT2D eigenvalue weighted by atomic mass is 10.2. The van der Waals surface area contributed by atoms with Crippen molar-refractivity contribution in [3.8, 4) is 5.75 Å². The van der Waals surface area contributed by atoms with Crippen LogP contribution in [0.15, 0.2) is 71.6 Å². The first-order valence-corrected chi connectivity index (χ1v) is 8.26. The number of ether oxygens (including phenoxy) is 1. The summed E-state index contributed by atoms with van der Waals surface area (Å²) in [6.07, 6.45) is 5.22. The first-order chi connectivity index (χ1) is 12.2. The molecule has 128 valence electrons. The second-order valence-electron chi connectivity index (χ2n) is 5.45. The summed E-state index contributed by atoms with van der Waals surface area (Å²) in [7, 11) is 1.65. The van der Waals surface area contributed by atoms with E-state index in [1.807, 2.05) is 53.4 Å². The van der Waals surface area contributed by atoms with Gasteiger partial charge in [-0.15, -0.1) is 0 Å². The Balaban J connectivity index is 1.73. The van der Waals surface area contributed by atoms with Gasteiger partial charge in [0.1, 0.15) is 11.5 Å². The van der Waals surface area contributed by atoms with E-state index in [1.54, 1.807) is 25.8 Å². The van der Waals surface area contributed by atoms with Crippen LogP contribution < -0.4 is 10.1 Å². The topological polar surface area (TPSA) is 50.5 Å². The lowest BCUT2D eigenvalue weighted by Gasteiger charge is -2.25. The molecule has 0 atom stereocenters. The minimum atomic E-state index is 0.581. The van der Waals surface area contributed by atoms with Crippen molar-refractivity contribution in [1.29, 1.82) is 0 Å². The van der Waals surface area contributed by atoms with Crippen molar-refractivity contribution in [2.75, 3.05) is 12.4 Å². The van der Waals surface area contributed by atoms with E-state index in [-0.39, 0.29) is 0 Å². The quantitative estimate of drug-likeness (QED) is 0.674. The zero-order valence-corrected chi connectivity index (χ0v) is 14.7. The van der Waals surface area contributed by atoms with Gasteiger partial charge in [0, 0.05) is 24.6 Å². The molecule has 0 aliphatic carbocycles. The number of benzene rings is 1. The number of aromatic nitrogens is 1. The first-order valence-electron chi connectivity index (χ1n) is 7.86. The van der Waals surface area contributed by atoms with E-state index < -0.39 is 0 Å². The van der Waals surface area contributed by atoms with Crippen molar-refractivity contribution in [2.45, 2.75) is 13.1 Å². The van der Waals surface area contributed by atoms with Crippen molar-refractivity contribution in [2.24, 2.45) is 0 Å². The minimum Gasteiger partial charge on any atom is -0.497 e. The first kappa shape index (κ1) is 17.0. The van der Waals surface area contributed by atoms with Crippen molar-refractivity contribution in [3.05, 3.63) is 78.5 Å². The molecule has 0 saturated carbocycles. The maximum Gasteiger partial charge on any atom is 0.174 e. The number of anilines is 1. The summed E-state index contributed by atoms with van der Waals surface area (Å²) in [5.41, 5.74) is 2.03. The van der Waals surface area contributed by atoms with Gasteiger partial charge in [-0.2, -0.15) is 0 Å². The number of nitrogens with zero attached hydrogens (tertiary/aromatic N) is 2. The normalized spacial score (nSPS) is 10.3. The molecule has 3 rings (SSSR count). The van der Waals surface area contributed by atoms with Gasteiger partial charge >= 0.3 is 0 Å². The standard InChI is InChI=1S/C19H19N3O2S/c1-23-17-6-4-16(5-7-17)21-19(25)22(14-18-3-2-12-24-18)13-15-8-10-20-11-9-15/h2-12H,13-14H2,1H3,(H,21,25). The number of thiocarbonyl (C=S) groups is 1. The molecule has 0 aliphatic heterocycles. The highest BCUT2D eigenvalue weighted by molar-refractivity contribution is 7.80. The van der Waals surface area contributed by atoms with Crippen LogP contribution in [0.2, 0.25) is 0 Å². The van der Waals surface area contributed by atoms with Crippen LogP contribution in [0.3, 0.4) is 0 Å². The molecule has 0 unspecified atom stereocenters. The van der Waals surface area contributed by atoms with Gasteiger partial charge in [0.05, 0.1) is 19.9 Å². The van der Waals surface area contributed by atoms with Gasteiger partial charge in [0.25, 0.3) is 0 Å². The third-order valence-corrected chi connectivity index (χ3v) is 4.04. The van der Waals surface area contributed by atoms with Crippen LogP contribution in [-0.2, 0) is 13.1 Å². The number of hydrogen-bond acceptors (Lipinski definition) is 4. The molecule has 3 aromatic rings. The Morgan fingerprint density at radius 1 is 1.12 bits per heavy atom. The highest BCUT2D eigenvalue weighted by atomic mass is 32.1. The van der Waals surface area contributed by atoms with E-state index in [4.69, 9.17) is 21.4 Å². The van der Waals surface area contributed by atoms with Crippen molar-refractivity contribution in [3.63, 3.8) is 0 Å². The van der Waals surface area contributed by atoms with Gasteiger partial charge in [-0.25, -0.2) is 0 Å². The highest BCUT2D eigenvalue weighted by Crippen LogP contribution is 2.17. The molecule has 2 aromatic heterocycles. The molecular formula is C19H19N3O2S. The van der Waals surface area contributed by atoms with Crippen molar-refractivity contribution in [1.82, 2.24) is 9.88 Å². The molecule has 25 heavy (non-hydrogen) atoms. The molecule has 1 aromatic carbocycles. The van der Waals surface area contributed by atoms with Crippen LogP contribution >= 0.6 is 12.2 Å². The van der Waals surface area contributed by atoms with Crippen LogP contribution in [-0.4, -0.2) is 22.1 Å². The Hall–Kier alpha value is -2.86. The van der Waals surface area contributed by atoms with Crippen LogP contribution in [0.25, 0.3) is 0 Å². The SMILES string of the molecule is COc1ccc(NC(=S)N(Cc2ccncc2)Cc2ccco2)cc1. The van der Waals surface area contributed by atoms with E-state index in [0.717, 1.165) is 22.8 Å². The zero-order valence-electron chi connectivity index (χ0n) is 13.9. The number of hydrogen-bond donors (Lipinski definition) is 1. The van der Waals surface area contributed by atoms with Gasteiger partial charge in [0.2, 0.25) is 0 Å². The number of furan rings is 1. The molecule has 2 heterocycles. The summed E-state index contributed by atoms with van der Waals surface area (Å²) in [6, 6.07) is 15.4. The van der Waals surface area contributed by atoms with Gasteiger partial charge in [0.15, 0.2) is 5.11 Å².